The van der Waals surface area contributed by atoms with Crippen LogP contribution in [-0.4, -0.2) is 19.9 Å². The van der Waals surface area contributed by atoms with Gasteiger partial charge in [0.2, 0.25) is 0 Å². The van der Waals surface area contributed by atoms with E-state index >= 15 is 0 Å². The maximum absolute atomic E-state index is 8.49. The fraction of sp³-hybridized carbons (Fsp3) is 0.227. The van der Waals surface area contributed by atoms with Gasteiger partial charge in [0.25, 0.3) is 0 Å². The first kappa shape index (κ1) is 40.7. The molecule has 3 aromatic heterocycles. The number of pyridine rings is 3. The maximum Gasteiger partial charge on any atom is 0.0587 e. The molecule has 3 heterocycles. The smallest absolute Gasteiger partial charge is 0.0587 e. The number of aromatic nitrogens is 3. The molecule has 0 radical (unpaired) electrons. The van der Waals surface area contributed by atoms with Crippen LogP contribution in [0.5, 0.6) is 0 Å². The molecule has 214 valence electrons. The largest absolute Gasteiger partial charge is 0.286 e. The van der Waals surface area contributed by atoms with Crippen LogP contribution in [-0.2, 0) is 36.7 Å². The van der Waals surface area contributed by atoms with Gasteiger partial charge in [0, 0.05) is 69.1 Å². The van der Waals surface area contributed by atoms with Crippen LogP contribution in [0.1, 0.15) is 30.9 Å². The molecule has 0 N–H and O–H groups in total. The van der Waals surface area contributed by atoms with Crippen molar-refractivity contribution in [3.8, 4) is 12.1 Å². The normalized spacial score (nSPS) is 9.56. The maximum atomic E-state index is 8.49. The molecule has 0 aliphatic rings. The molecule has 0 aromatic carbocycles. The average molecular weight is 627 g/mol. The van der Waals surface area contributed by atoms with Crippen molar-refractivity contribution in [2.75, 3.05) is 0 Å². The zero-order chi connectivity index (χ0) is 29.5. The minimum Gasteiger partial charge on any atom is -0.286 e. The molecule has 39 heavy (non-hydrogen) atoms. The molecule has 0 bridgehead atoms. The number of hydrogen-bond donors (Lipinski definition) is 0. The Balaban J connectivity index is -0.000000633. The van der Waals surface area contributed by atoms with E-state index in [9.17, 15) is 0 Å². The number of nitrogens with zero attached hydrogens (tertiary/aromatic N) is 6. The molecule has 3 aromatic rings. The van der Waals surface area contributed by atoms with Crippen LogP contribution in [0.2, 0.25) is 0 Å². The van der Waals surface area contributed by atoms with Crippen LogP contribution >= 0.6 is 0 Å². The minimum absolute atomic E-state index is 0. The monoisotopic (exact) mass is 626 g/mol. The summed E-state index contributed by atoms with van der Waals surface area (Å²) in [5.74, 6) is 0. The van der Waals surface area contributed by atoms with Gasteiger partial charge in [-0.1, -0.05) is 18.2 Å². The molecule has 0 amide bonds. The number of halogens is 2. The van der Waals surface area contributed by atoms with E-state index in [-0.39, 0.29) is 17.1 Å². The van der Waals surface area contributed by atoms with Gasteiger partial charge >= 0.3 is 0 Å². The summed E-state index contributed by atoms with van der Waals surface area (Å²) in [5.41, 5.74) is 3.15. The van der Waals surface area contributed by atoms with Crippen molar-refractivity contribution < 1.29 is 74.8 Å². The molecule has 0 spiro atoms. The van der Waals surface area contributed by atoms with Crippen LogP contribution in [0.25, 0.3) is 0 Å². The van der Waals surface area contributed by atoms with Crippen molar-refractivity contribution in [2.24, 2.45) is 0 Å². The molecule has 0 fully saturated rings. The molecule has 0 aliphatic heterocycles. The molecule has 0 atom stereocenters. The molecule has 0 unspecified atom stereocenters. The summed E-state index contributed by atoms with van der Waals surface area (Å²) in [6.45, 7) is 5.18. The Kier molecular flexibility index (Phi) is 25.3. The Morgan fingerprint density at radius 1 is 0.590 bits per heavy atom. The molecular formula is C22H24Cl2FeN6O8-2. The van der Waals surface area contributed by atoms with E-state index < -0.39 is 20.5 Å². The quantitative estimate of drug-likeness (QED) is 0.231. The van der Waals surface area contributed by atoms with Gasteiger partial charge in [-0.25, -0.2) is 37.3 Å². The zero-order valence-corrected chi connectivity index (χ0v) is 23.2. The first-order chi connectivity index (χ1) is 17.7. The van der Waals surface area contributed by atoms with Crippen LogP contribution in [0.15, 0.2) is 73.2 Å². The van der Waals surface area contributed by atoms with Crippen molar-refractivity contribution in [2.45, 2.75) is 33.5 Å². The predicted octanol–water partition coefficient (Wildman–Crippen LogP) is -5.38. The fourth-order valence-corrected chi connectivity index (χ4v) is 2.33. The van der Waals surface area contributed by atoms with E-state index in [4.69, 9.17) is 47.8 Å². The average Bonchev–Trinajstić information content (AvgIpc) is 2.80. The third kappa shape index (κ3) is 35.2. The van der Waals surface area contributed by atoms with Gasteiger partial charge < -0.3 is 0 Å². The Bertz CT molecular complexity index is 917. The van der Waals surface area contributed by atoms with E-state index in [1.54, 1.807) is 12.1 Å². The van der Waals surface area contributed by atoms with Gasteiger partial charge in [0.1, 0.15) is 0 Å². The van der Waals surface area contributed by atoms with Gasteiger partial charge in [-0.05, 0) is 36.4 Å². The zero-order valence-electron chi connectivity index (χ0n) is 20.6. The van der Waals surface area contributed by atoms with Crippen LogP contribution in [0, 0.1) is 43.1 Å². The van der Waals surface area contributed by atoms with E-state index in [0.717, 1.165) is 36.7 Å². The number of nitriles is 2. The van der Waals surface area contributed by atoms with Crippen LogP contribution in [0.3, 0.4) is 0 Å². The Morgan fingerprint density at radius 2 is 0.795 bits per heavy atom. The topological polar surface area (TPSA) is 274 Å². The summed E-state index contributed by atoms with van der Waals surface area (Å²) in [7, 11) is -9.89. The molecule has 0 aliphatic carbocycles. The SMILES string of the molecule is CC#N.CC#N.[Fe].[O-][Cl+3]([O-])([O-])[O-].[O-][Cl+3]([O-])([O-])[O-].c1ccc(CN(Cc2ccccn2)Cc2ccccn2)nc1. The van der Waals surface area contributed by atoms with Crippen molar-refractivity contribution in [3.63, 3.8) is 0 Å². The van der Waals surface area contributed by atoms with Gasteiger partial charge in [-0.2, -0.15) is 10.5 Å². The summed E-state index contributed by atoms with van der Waals surface area (Å²) < 4.78 is 67.9. The molecule has 3 rings (SSSR count). The Hall–Kier alpha value is -2.83. The molecule has 0 saturated heterocycles. The first-order valence-corrected chi connectivity index (χ1v) is 12.5. The molecule has 17 heteroatoms. The number of hydrogen-bond acceptors (Lipinski definition) is 14. The van der Waals surface area contributed by atoms with E-state index in [1.807, 2.05) is 73.2 Å². The summed E-state index contributed by atoms with van der Waals surface area (Å²) in [5, 5.41) is 14.6. The fourth-order valence-electron chi connectivity index (χ4n) is 2.33. The predicted molar refractivity (Wildman–Crippen MR) is 108 cm³/mol. The first-order valence-electron chi connectivity index (χ1n) is 10.0. The third-order valence-corrected chi connectivity index (χ3v) is 3.34. The number of rotatable bonds is 6. The van der Waals surface area contributed by atoms with Gasteiger partial charge in [-0.3, -0.25) is 19.9 Å². The standard InChI is InChI=1S/C18H18N4.2C2H3N.2ClHO4.Fe/c1-4-10-19-16(7-1)13-22(14-17-8-2-5-11-20-17)15-18-9-3-6-12-21-18;2*1-2-3;2*2-1(3,4)5;/h1-12H,13-15H2;2*1H3;2*(H,2,3,4,5);/p-2. The molecular weight excluding hydrogens is 603 g/mol. The Labute approximate surface area is 240 Å². The second kappa shape index (κ2) is 24.2. The third-order valence-electron chi connectivity index (χ3n) is 3.34. The second-order valence-corrected chi connectivity index (χ2v) is 7.82. The minimum atomic E-state index is -4.94. The van der Waals surface area contributed by atoms with Crippen molar-refractivity contribution >= 4 is 0 Å². The summed E-state index contributed by atoms with van der Waals surface area (Å²) >= 11 is 0. The van der Waals surface area contributed by atoms with Gasteiger partial charge in [0.15, 0.2) is 0 Å². The second-order valence-electron chi connectivity index (χ2n) is 6.31. The summed E-state index contributed by atoms with van der Waals surface area (Å²) in [6, 6.07) is 21.5. The van der Waals surface area contributed by atoms with Crippen molar-refractivity contribution in [1.29, 1.82) is 10.5 Å². The van der Waals surface area contributed by atoms with E-state index in [2.05, 4.69) is 19.9 Å². The van der Waals surface area contributed by atoms with E-state index in [1.165, 1.54) is 13.8 Å². The Morgan fingerprint density at radius 3 is 0.949 bits per heavy atom. The van der Waals surface area contributed by atoms with Gasteiger partial charge in [0.05, 0.1) is 29.2 Å². The van der Waals surface area contributed by atoms with Crippen molar-refractivity contribution in [1.82, 2.24) is 19.9 Å². The van der Waals surface area contributed by atoms with Crippen LogP contribution < -0.4 is 37.3 Å². The van der Waals surface area contributed by atoms with E-state index in [0.29, 0.717) is 0 Å². The molecule has 14 nitrogen and oxygen atoms in total. The van der Waals surface area contributed by atoms with Gasteiger partial charge in [-0.15, -0.1) is 20.5 Å². The van der Waals surface area contributed by atoms with Crippen LogP contribution in [0.4, 0.5) is 0 Å². The summed E-state index contributed by atoms with van der Waals surface area (Å²) in [4.78, 5) is 15.6. The molecule has 0 saturated carbocycles. The van der Waals surface area contributed by atoms with Crippen molar-refractivity contribution in [3.05, 3.63) is 90.3 Å². The summed E-state index contributed by atoms with van der Waals surface area (Å²) in [6.07, 6.45) is 5.49.